The second kappa shape index (κ2) is 7.88. The second-order valence-corrected chi connectivity index (χ2v) is 5.58. The maximum atomic E-state index is 11.8. The molecule has 1 unspecified atom stereocenters. The number of thioether (sulfide) groups is 1. The van der Waals surface area contributed by atoms with Gasteiger partial charge < -0.3 is 20.6 Å². The molecule has 1 saturated heterocycles. The van der Waals surface area contributed by atoms with Crippen molar-refractivity contribution >= 4 is 29.7 Å². The van der Waals surface area contributed by atoms with Crippen LogP contribution in [0.5, 0.6) is 0 Å². The number of nitrogens with zero attached hydrogens (tertiary/aromatic N) is 1. The van der Waals surface area contributed by atoms with Gasteiger partial charge in [0.25, 0.3) is 0 Å². The number of carboxylic acid groups (broad SMARTS) is 1. The van der Waals surface area contributed by atoms with Crippen LogP contribution in [0.25, 0.3) is 0 Å². The van der Waals surface area contributed by atoms with E-state index in [4.69, 9.17) is 5.11 Å². The van der Waals surface area contributed by atoms with E-state index >= 15 is 0 Å². The zero-order valence-corrected chi connectivity index (χ0v) is 11.7. The summed E-state index contributed by atoms with van der Waals surface area (Å²) in [5.41, 5.74) is 0. The fourth-order valence-corrected chi connectivity index (χ4v) is 2.84. The largest absolute Gasteiger partial charge is 0.480 e. The molecule has 1 aliphatic heterocycles. The fourth-order valence-electron chi connectivity index (χ4n) is 1.66. The van der Waals surface area contributed by atoms with E-state index < -0.39 is 18.4 Å². The van der Waals surface area contributed by atoms with E-state index in [0.29, 0.717) is 18.3 Å². The summed E-state index contributed by atoms with van der Waals surface area (Å²) in [5, 5.41) is 13.5. The highest BCUT2D eigenvalue weighted by Gasteiger charge is 2.22. The Hall–Kier alpha value is -1.44. The number of nitrogens with one attached hydrogen (secondary N) is 2. The zero-order valence-electron chi connectivity index (χ0n) is 10.8. The number of urea groups is 1. The maximum absolute atomic E-state index is 11.8. The van der Waals surface area contributed by atoms with Crippen LogP contribution in [-0.2, 0) is 9.59 Å². The lowest BCUT2D eigenvalue weighted by Crippen LogP contribution is -2.49. The molecule has 0 aromatic rings. The van der Waals surface area contributed by atoms with Crippen LogP contribution in [0.1, 0.15) is 13.3 Å². The Balaban J connectivity index is 2.26. The van der Waals surface area contributed by atoms with E-state index in [0.717, 1.165) is 12.2 Å². The molecule has 1 atom stereocenters. The Morgan fingerprint density at radius 3 is 2.68 bits per heavy atom. The number of hydrogen-bond acceptors (Lipinski definition) is 4. The van der Waals surface area contributed by atoms with Crippen LogP contribution in [0.3, 0.4) is 0 Å². The summed E-state index contributed by atoms with van der Waals surface area (Å²) in [7, 11) is 0. The lowest BCUT2D eigenvalue weighted by atomic mass is 10.3. The van der Waals surface area contributed by atoms with Gasteiger partial charge in [-0.25, -0.2) is 4.79 Å². The van der Waals surface area contributed by atoms with Crippen LogP contribution in [0.15, 0.2) is 0 Å². The Morgan fingerprint density at radius 2 is 2.05 bits per heavy atom. The molecule has 0 aromatic heterocycles. The normalized spacial score (nSPS) is 18.8. The van der Waals surface area contributed by atoms with Crippen LogP contribution in [0.2, 0.25) is 0 Å². The molecule has 0 saturated carbocycles. The Kier molecular flexibility index (Phi) is 6.48. The smallest absolute Gasteiger partial charge is 0.322 e. The van der Waals surface area contributed by atoms with Crippen molar-refractivity contribution in [3.63, 3.8) is 0 Å². The molecule has 7 nitrogen and oxygen atoms in total. The lowest BCUT2D eigenvalue weighted by molar-refractivity contribution is -0.137. The molecule has 3 amide bonds. The van der Waals surface area contributed by atoms with E-state index in [1.54, 1.807) is 4.90 Å². The monoisotopic (exact) mass is 289 g/mol. The van der Waals surface area contributed by atoms with Crippen molar-refractivity contribution < 1.29 is 19.5 Å². The summed E-state index contributed by atoms with van der Waals surface area (Å²) in [4.78, 5) is 35.0. The topological polar surface area (TPSA) is 98.7 Å². The molecule has 8 heteroatoms. The first-order valence-electron chi connectivity index (χ1n) is 6.15. The molecule has 0 aliphatic carbocycles. The summed E-state index contributed by atoms with van der Waals surface area (Å²) in [6.07, 6.45) is 1.01. The maximum Gasteiger partial charge on any atom is 0.322 e. The van der Waals surface area contributed by atoms with Crippen LogP contribution in [-0.4, -0.2) is 65.1 Å². The highest BCUT2D eigenvalue weighted by Crippen LogP contribution is 2.20. The minimum Gasteiger partial charge on any atom is -0.480 e. The predicted molar refractivity (Wildman–Crippen MR) is 72.2 cm³/mol. The first-order valence-corrected chi connectivity index (χ1v) is 7.20. The molecule has 1 heterocycles. The van der Waals surface area contributed by atoms with Gasteiger partial charge in [0.1, 0.15) is 6.54 Å². The van der Waals surface area contributed by atoms with Crippen molar-refractivity contribution in [1.82, 2.24) is 15.5 Å². The molecule has 19 heavy (non-hydrogen) atoms. The summed E-state index contributed by atoms with van der Waals surface area (Å²) < 4.78 is 0. The van der Waals surface area contributed by atoms with Crippen LogP contribution < -0.4 is 10.6 Å². The Bertz CT molecular complexity index is 351. The number of carbonyl (C=O) groups is 3. The standard InChI is InChI=1S/C11H19N3O4S/c1-2-8-7-14(3-4-19-8)11(18)13-5-9(15)12-6-10(16)17/h8H,2-7H2,1H3,(H,12,15)(H,13,18)(H,16,17). The van der Waals surface area contributed by atoms with Gasteiger partial charge in [-0.15, -0.1) is 0 Å². The molecule has 0 radical (unpaired) electrons. The summed E-state index contributed by atoms with van der Waals surface area (Å²) in [6.45, 7) is 2.80. The first-order chi connectivity index (χ1) is 9.02. The fraction of sp³-hybridized carbons (Fsp3) is 0.727. The lowest BCUT2D eigenvalue weighted by Gasteiger charge is -2.31. The van der Waals surface area contributed by atoms with Crippen molar-refractivity contribution in [3.8, 4) is 0 Å². The van der Waals surface area contributed by atoms with Crippen molar-refractivity contribution in [3.05, 3.63) is 0 Å². The SMILES string of the molecule is CCC1CN(C(=O)NCC(=O)NCC(=O)O)CCS1. The number of hydrogen-bond donors (Lipinski definition) is 3. The molecule has 1 rings (SSSR count). The van der Waals surface area contributed by atoms with Gasteiger partial charge in [0.2, 0.25) is 5.91 Å². The summed E-state index contributed by atoms with van der Waals surface area (Å²) in [6, 6.07) is -0.274. The van der Waals surface area contributed by atoms with E-state index in [9.17, 15) is 14.4 Å². The molecule has 0 bridgehead atoms. The zero-order chi connectivity index (χ0) is 14.3. The average molecular weight is 289 g/mol. The van der Waals surface area contributed by atoms with Crippen LogP contribution in [0.4, 0.5) is 4.79 Å². The third-order valence-electron chi connectivity index (χ3n) is 2.72. The minimum absolute atomic E-state index is 0.202. The van der Waals surface area contributed by atoms with Gasteiger partial charge >= 0.3 is 12.0 Å². The molecule has 1 fully saturated rings. The quantitative estimate of drug-likeness (QED) is 0.647. The van der Waals surface area contributed by atoms with Gasteiger partial charge in [0.05, 0.1) is 6.54 Å². The molecular weight excluding hydrogens is 270 g/mol. The van der Waals surface area contributed by atoms with Crippen molar-refractivity contribution in [1.29, 1.82) is 0 Å². The van der Waals surface area contributed by atoms with Crippen LogP contribution in [0, 0.1) is 0 Å². The first kappa shape index (κ1) is 15.6. The van der Waals surface area contributed by atoms with Gasteiger partial charge in [-0.1, -0.05) is 6.92 Å². The van der Waals surface area contributed by atoms with E-state index in [1.165, 1.54) is 0 Å². The van der Waals surface area contributed by atoms with Crippen molar-refractivity contribution in [2.24, 2.45) is 0 Å². The number of carboxylic acids is 1. The van der Waals surface area contributed by atoms with Crippen LogP contribution >= 0.6 is 11.8 Å². The van der Waals surface area contributed by atoms with Crippen molar-refractivity contribution in [2.75, 3.05) is 31.9 Å². The molecule has 3 N–H and O–H groups in total. The number of amides is 3. The number of aliphatic carboxylic acids is 1. The van der Waals surface area contributed by atoms with Crippen molar-refractivity contribution in [2.45, 2.75) is 18.6 Å². The summed E-state index contributed by atoms with van der Waals surface area (Å²) in [5.74, 6) is -0.718. The average Bonchev–Trinajstić information content (AvgIpc) is 2.42. The molecular formula is C11H19N3O4S. The second-order valence-electron chi connectivity index (χ2n) is 4.18. The highest BCUT2D eigenvalue weighted by atomic mass is 32.2. The van der Waals surface area contributed by atoms with Gasteiger partial charge in [0, 0.05) is 24.1 Å². The molecule has 108 valence electrons. The Morgan fingerprint density at radius 1 is 1.32 bits per heavy atom. The third-order valence-corrected chi connectivity index (χ3v) is 4.09. The van der Waals surface area contributed by atoms with Gasteiger partial charge in [-0.2, -0.15) is 11.8 Å². The van der Waals surface area contributed by atoms with Gasteiger partial charge in [-0.05, 0) is 6.42 Å². The molecule has 1 aliphatic rings. The number of carbonyl (C=O) groups excluding carboxylic acids is 2. The van der Waals surface area contributed by atoms with Gasteiger partial charge in [-0.3, -0.25) is 9.59 Å². The Labute approximate surface area is 116 Å². The van der Waals surface area contributed by atoms with E-state index in [1.807, 2.05) is 11.8 Å². The summed E-state index contributed by atoms with van der Waals surface area (Å²) >= 11 is 1.85. The molecule has 0 spiro atoms. The minimum atomic E-state index is -1.11. The van der Waals surface area contributed by atoms with E-state index in [-0.39, 0.29) is 12.6 Å². The highest BCUT2D eigenvalue weighted by molar-refractivity contribution is 8.00. The predicted octanol–water partition coefficient (Wildman–Crippen LogP) is -0.276. The third kappa shape index (κ3) is 5.82. The van der Waals surface area contributed by atoms with E-state index in [2.05, 4.69) is 17.6 Å². The molecule has 0 aromatic carbocycles. The number of rotatable bonds is 5. The van der Waals surface area contributed by atoms with Gasteiger partial charge in [0.15, 0.2) is 0 Å².